The lowest BCUT2D eigenvalue weighted by Gasteiger charge is -2.04. The number of rotatable bonds is 3. The highest BCUT2D eigenvalue weighted by Gasteiger charge is 1.95. The summed E-state index contributed by atoms with van der Waals surface area (Å²) >= 11 is 0. The van der Waals surface area contributed by atoms with Crippen LogP contribution in [0.15, 0.2) is 29.4 Å². The minimum atomic E-state index is 0.319. The zero-order valence-electron chi connectivity index (χ0n) is 7.82. The molecule has 1 N–H and O–H groups in total. The molecule has 70 valence electrons. The summed E-state index contributed by atoms with van der Waals surface area (Å²) < 4.78 is 5.35. The number of hydrogen-bond donors (Lipinski definition) is 1. The summed E-state index contributed by atoms with van der Waals surface area (Å²) in [6.45, 7) is 4.02. The smallest absolute Gasteiger partial charge is 0.129 e. The van der Waals surface area contributed by atoms with E-state index in [0.29, 0.717) is 12.3 Å². The Labute approximate surface area is 77.6 Å². The van der Waals surface area contributed by atoms with Crippen molar-refractivity contribution in [3.8, 4) is 5.75 Å². The molecule has 0 heterocycles. The predicted molar refractivity (Wildman–Crippen MR) is 51.6 cm³/mol. The minimum absolute atomic E-state index is 0.319. The number of benzene rings is 1. The van der Waals surface area contributed by atoms with Crippen molar-refractivity contribution < 1.29 is 9.94 Å². The van der Waals surface area contributed by atoms with Crippen LogP contribution in [0.3, 0.4) is 0 Å². The quantitative estimate of drug-likeness (QED) is 0.439. The number of ether oxygens (including phenoxy) is 1. The number of oxime groups is 1. The summed E-state index contributed by atoms with van der Waals surface area (Å²) in [4.78, 5) is 0. The topological polar surface area (TPSA) is 41.8 Å². The lowest BCUT2D eigenvalue weighted by atomic mass is 10.2. The summed E-state index contributed by atoms with van der Waals surface area (Å²) in [7, 11) is 0. The standard InChI is InChI=1S/C10H13NO2/c1-8-4-3-5-10(6-8)13-7-9(2)11-12/h3-6,12H,7H2,1-2H3. The fourth-order valence-corrected chi connectivity index (χ4v) is 0.922. The Morgan fingerprint density at radius 2 is 2.31 bits per heavy atom. The van der Waals surface area contributed by atoms with Crippen LogP contribution in [0.25, 0.3) is 0 Å². The van der Waals surface area contributed by atoms with Gasteiger partial charge >= 0.3 is 0 Å². The Bertz CT molecular complexity index is 308. The van der Waals surface area contributed by atoms with Gasteiger partial charge in [0.1, 0.15) is 12.4 Å². The van der Waals surface area contributed by atoms with Crippen LogP contribution in [0.2, 0.25) is 0 Å². The second-order valence-electron chi connectivity index (χ2n) is 2.94. The second kappa shape index (κ2) is 4.50. The molecule has 0 spiro atoms. The molecule has 3 nitrogen and oxygen atoms in total. The molecular formula is C10H13NO2. The molecule has 0 radical (unpaired) electrons. The van der Waals surface area contributed by atoms with Gasteiger partial charge in [-0.15, -0.1) is 0 Å². The Hall–Kier alpha value is -1.51. The maximum Gasteiger partial charge on any atom is 0.129 e. The van der Waals surface area contributed by atoms with Crippen molar-refractivity contribution in [3.63, 3.8) is 0 Å². The molecule has 0 saturated carbocycles. The van der Waals surface area contributed by atoms with Crippen LogP contribution in [-0.4, -0.2) is 17.5 Å². The molecule has 13 heavy (non-hydrogen) atoms. The fraction of sp³-hybridized carbons (Fsp3) is 0.300. The monoisotopic (exact) mass is 179 g/mol. The summed E-state index contributed by atoms with van der Waals surface area (Å²) in [5.74, 6) is 0.794. The maximum absolute atomic E-state index is 8.38. The number of aryl methyl sites for hydroxylation is 1. The van der Waals surface area contributed by atoms with Crippen LogP contribution in [0.4, 0.5) is 0 Å². The van der Waals surface area contributed by atoms with E-state index in [4.69, 9.17) is 9.94 Å². The Kier molecular flexibility index (Phi) is 3.31. The Morgan fingerprint density at radius 1 is 1.54 bits per heavy atom. The van der Waals surface area contributed by atoms with Gasteiger partial charge in [-0.25, -0.2) is 0 Å². The maximum atomic E-state index is 8.38. The van der Waals surface area contributed by atoms with Crippen molar-refractivity contribution in [2.75, 3.05) is 6.61 Å². The molecular weight excluding hydrogens is 166 g/mol. The first-order valence-corrected chi connectivity index (χ1v) is 4.09. The van der Waals surface area contributed by atoms with Gasteiger partial charge in [0.05, 0.1) is 5.71 Å². The molecule has 0 aliphatic heterocycles. The van der Waals surface area contributed by atoms with Gasteiger partial charge in [-0.1, -0.05) is 17.3 Å². The zero-order valence-corrected chi connectivity index (χ0v) is 7.82. The highest BCUT2D eigenvalue weighted by molar-refractivity contribution is 5.82. The van der Waals surface area contributed by atoms with Crippen molar-refractivity contribution in [2.45, 2.75) is 13.8 Å². The highest BCUT2D eigenvalue weighted by Crippen LogP contribution is 2.11. The van der Waals surface area contributed by atoms with E-state index in [1.165, 1.54) is 0 Å². The molecule has 0 fully saturated rings. The molecule has 0 amide bonds. The molecule has 1 aromatic rings. The van der Waals surface area contributed by atoms with Crippen molar-refractivity contribution in [1.82, 2.24) is 0 Å². The van der Waals surface area contributed by atoms with E-state index in [-0.39, 0.29) is 0 Å². The second-order valence-corrected chi connectivity index (χ2v) is 2.94. The molecule has 1 aromatic carbocycles. The van der Waals surface area contributed by atoms with Crippen LogP contribution < -0.4 is 4.74 Å². The summed E-state index contributed by atoms with van der Waals surface area (Å²) in [6, 6.07) is 7.73. The first kappa shape index (κ1) is 9.58. The molecule has 0 aromatic heterocycles. The summed E-state index contributed by atoms with van der Waals surface area (Å²) in [5, 5.41) is 11.4. The number of hydrogen-bond acceptors (Lipinski definition) is 3. The molecule has 0 bridgehead atoms. The van der Waals surface area contributed by atoms with E-state index >= 15 is 0 Å². The summed E-state index contributed by atoms with van der Waals surface area (Å²) in [6.07, 6.45) is 0. The normalized spacial score (nSPS) is 11.4. The lowest BCUT2D eigenvalue weighted by Crippen LogP contribution is -2.07. The fourth-order valence-electron chi connectivity index (χ4n) is 0.922. The first-order valence-electron chi connectivity index (χ1n) is 4.09. The molecule has 0 unspecified atom stereocenters. The molecule has 0 saturated heterocycles. The van der Waals surface area contributed by atoms with Crippen molar-refractivity contribution in [1.29, 1.82) is 0 Å². The van der Waals surface area contributed by atoms with Crippen molar-refractivity contribution in [3.05, 3.63) is 29.8 Å². The SMILES string of the molecule is CC(COc1cccc(C)c1)=NO. The van der Waals surface area contributed by atoms with Gasteiger partial charge in [-0.3, -0.25) is 0 Å². The average Bonchev–Trinajstić information content (AvgIpc) is 2.14. The molecule has 0 atom stereocenters. The minimum Gasteiger partial charge on any atom is -0.488 e. The van der Waals surface area contributed by atoms with Crippen LogP contribution >= 0.6 is 0 Å². The zero-order chi connectivity index (χ0) is 9.68. The van der Waals surface area contributed by atoms with E-state index in [0.717, 1.165) is 11.3 Å². The number of nitrogens with zero attached hydrogens (tertiary/aromatic N) is 1. The Morgan fingerprint density at radius 3 is 2.92 bits per heavy atom. The van der Waals surface area contributed by atoms with E-state index in [1.807, 2.05) is 31.2 Å². The molecule has 1 rings (SSSR count). The molecule has 3 heteroatoms. The third-order valence-corrected chi connectivity index (χ3v) is 1.61. The van der Waals surface area contributed by atoms with Gasteiger partial charge in [0.15, 0.2) is 0 Å². The van der Waals surface area contributed by atoms with Crippen LogP contribution in [0.1, 0.15) is 12.5 Å². The van der Waals surface area contributed by atoms with Crippen LogP contribution in [0.5, 0.6) is 5.75 Å². The molecule has 0 aliphatic carbocycles. The van der Waals surface area contributed by atoms with E-state index < -0.39 is 0 Å². The average molecular weight is 179 g/mol. The van der Waals surface area contributed by atoms with Gasteiger partial charge < -0.3 is 9.94 Å². The van der Waals surface area contributed by atoms with Gasteiger partial charge in [0.2, 0.25) is 0 Å². The summed E-state index contributed by atoms with van der Waals surface area (Å²) in [5.41, 5.74) is 1.71. The van der Waals surface area contributed by atoms with Gasteiger partial charge in [-0.05, 0) is 31.5 Å². The predicted octanol–water partition coefficient (Wildman–Crippen LogP) is 2.22. The van der Waals surface area contributed by atoms with Crippen LogP contribution in [-0.2, 0) is 0 Å². The van der Waals surface area contributed by atoms with E-state index in [9.17, 15) is 0 Å². The van der Waals surface area contributed by atoms with E-state index in [2.05, 4.69) is 5.16 Å². The first-order chi connectivity index (χ1) is 6.22. The Balaban J connectivity index is 2.55. The largest absolute Gasteiger partial charge is 0.488 e. The molecule has 0 aliphatic rings. The third-order valence-electron chi connectivity index (χ3n) is 1.61. The van der Waals surface area contributed by atoms with Gasteiger partial charge in [0, 0.05) is 0 Å². The van der Waals surface area contributed by atoms with E-state index in [1.54, 1.807) is 6.92 Å². The van der Waals surface area contributed by atoms with Crippen molar-refractivity contribution >= 4 is 5.71 Å². The highest BCUT2D eigenvalue weighted by atomic mass is 16.5. The van der Waals surface area contributed by atoms with Crippen LogP contribution in [0, 0.1) is 6.92 Å². The van der Waals surface area contributed by atoms with Gasteiger partial charge in [-0.2, -0.15) is 0 Å². The van der Waals surface area contributed by atoms with Gasteiger partial charge in [0.25, 0.3) is 0 Å². The third kappa shape index (κ3) is 3.15. The van der Waals surface area contributed by atoms with Crippen molar-refractivity contribution in [2.24, 2.45) is 5.16 Å². The lowest BCUT2D eigenvalue weighted by molar-refractivity contribution is 0.307.